The van der Waals surface area contributed by atoms with Crippen LogP contribution >= 0.6 is 15.9 Å². The minimum atomic E-state index is 0.473. The van der Waals surface area contributed by atoms with Gasteiger partial charge in [-0.05, 0) is 33.6 Å². The smallest absolute Gasteiger partial charge is 0.0678 e. The first-order valence-electron chi connectivity index (χ1n) is 5.98. The summed E-state index contributed by atoms with van der Waals surface area (Å²) in [6.07, 6.45) is 5.49. The highest BCUT2D eigenvalue weighted by Crippen LogP contribution is 2.11. The van der Waals surface area contributed by atoms with E-state index in [1.165, 1.54) is 5.69 Å². The summed E-state index contributed by atoms with van der Waals surface area (Å²) < 4.78 is 2.99. The predicted molar refractivity (Wildman–Crippen MR) is 75.2 cm³/mol. The Bertz CT molecular complexity index is 507. The standard InChI is InChI=1S/C13H17BrN4/c1-10(2)16-8-13-3-4-17-18(13)9-11-5-12(14)7-15-6-11/h3-7,10,16H,8-9H2,1-2H3. The van der Waals surface area contributed by atoms with Crippen LogP contribution in [-0.2, 0) is 13.1 Å². The Labute approximate surface area is 116 Å². The van der Waals surface area contributed by atoms with Gasteiger partial charge in [-0.25, -0.2) is 0 Å². The lowest BCUT2D eigenvalue weighted by molar-refractivity contribution is 0.547. The first-order valence-corrected chi connectivity index (χ1v) is 6.78. The fourth-order valence-corrected chi connectivity index (χ4v) is 2.09. The van der Waals surface area contributed by atoms with E-state index in [0.29, 0.717) is 6.04 Å². The molecule has 5 heteroatoms. The Balaban J connectivity index is 2.07. The number of aromatic nitrogens is 3. The molecule has 2 rings (SSSR count). The van der Waals surface area contributed by atoms with Crippen LogP contribution in [0.4, 0.5) is 0 Å². The molecule has 0 unspecified atom stereocenters. The summed E-state index contributed by atoms with van der Waals surface area (Å²) >= 11 is 3.43. The zero-order valence-corrected chi connectivity index (χ0v) is 12.2. The van der Waals surface area contributed by atoms with Crippen molar-refractivity contribution in [3.63, 3.8) is 0 Å². The molecule has 0 spiro atoms. The third-order valence-electron chi connectivity index (χ3n) is 2.59. The molecule has 0 saturated heterocycles. The second-order valence-electron chi connectivity index (χ2n) is 4.53. The normalized spacial score (nSPS) is 11.1. The molecule has 0 saturated carbocycles. The van der Waals surface area contributed by atoms with Crippen molar-refractivity contribution in [3.8, 4) is 0 Å². The van der Waals surface area contributed by atoms with Gasteiger partial charge in [0.05, 0.1) is 12.2 Å². The van der Waals surface area contributed by atoms with E-state index in [-0.39, 0.29) is 0 Å². The number of halogens is 1. The molecule has 0 aliphatic carbocycles. The SMILES string of the molecule is CC(C)NCc1ccnn1Cc1cncc(Br)c1. The van der Waals surface area contributed by atoms with Gasteiger partial charge in [-0.1, -0.05) is 13.8 Å². The highest BCUT2D eigenvalue weighted by Gasteiger charge is 2.04. The van der Waals surface area contributed by atoms with E-state index in [1.54, 1.807) is 6.20 Å². The monoisotopic (exact) mass is 308 g/mol. The van der Waals surface area contributed by atoms with Crippen LogP contribution in [0, 0.1) is 0 Å². The predicted octanol–water partition coefficient (Wildman–Crippen LogP) is 2.59. The molecule has 0 aliphatic rings. The summed E-state index contributed by atoms with van der Waals surface area (Å²) in [5, 5.41) is 7.75. The third-order valence-corrected chi connectivity index (χ3v) is 3.02. The second-order valence-corrected chi connectivity index (χ2v) is 5.44. The molecular weight excluding hydrogens is 292 g/mol. The van der Waals surface area contributed by atoms with Gasteiger partial charge in [0.25, 0.3) is 0 Å². The van der Waals surface area contributed by atoms with Crippen LogP contribution in [0.15, 0.2) is 35.2 Å². The van der Waals surface area contributed by atoms with Crippen molar-refractivity contribution in [1.82, 2.24) is 20.1 Å². The van der Waals surface area contributed by atoms with Crippen molar-refractivity contribution in [2.75, 3.05) is 0 Å². The quantitative estimate of drug-likeness (QED) is 0.923. The van der Waals surface area contributed by atoms with Gasteiger partial charge in [0.1, 0.15) is 0 Å². The van der Waals surface area contributed by atoms with Gasteiger partial charge in [-0.3, -0.25) is 9.67 Å². The van der Waals surface area contributed by atoms with Gasteiger partial charge in [0.2, 0.25) is 0 Å². The van der Waals surface area contributed by atoms with E-state index >= 15 is 0 Å². The van der Waals surface area contributed by atoms with Gasteiger partial charge in [-0.2, -0.15) is 5.10 Å². The topological polar surface area (TPSA) is 42.7 Å². The van der Waals surface area contributed by atoms with Gasteiger partial charge in [-0.15, -0.1) is 0 Å². The maximum atomic E-state index is 4.35. The highest BCUT2D eigenvalue weighted by molar-refractivity contribution is 9.10. The number of rotatable bonds is 5. The molecule has 0 bridgehead atoms. The lowest BCUT2D eigenvalue weighted by Crippen LogP contribution is -2.23. The molecule has 0 aromatic carbocycles. The van der Waals surface area contributed by atoms with Crippen molar-refractivity contribution >= 4 is 15.9 Å². The Hall–Kier alpha value is -1.20. The molecule has 2 aromatic heterocycles. The van der Waals surface area contributed by atoms with Crippen LogP contribution in [0.3, 0.4) is 0 Å². The van der Waals surface area contributed by atoms with Crippen LogP contribution in [0.1, 0.15) is 25.1 Å². The van der Waals surface area contributed by atoms with Crippen LogP contribution < -0.4 is 5.32 Å². The molecule has 0 atom stereocenters. The van der Waals surface area contributed by atoms with E-state index in [4.69, 9.17) is 0 Å². The summed E-state index contributed by atoms with van der Waals surface area (Å²) in [5.41, 5.74) is 2.32. The number of hydrogen-bond acceptors (Lipinski definition) is 3. The zero-order valence-electron chi connectivity index (χ0n) is 10.6. The molecule has 2 aromatic rings. The maximum absolute atomic E-state index is 4.35. The molecular formula is C13H17BrN4. The number of nitrogens with zero attached hydrogens (tertiary/aromatic N) is 3. The fraction of sp³-hybridized carbons (Fsp3) is 0.385. The lowest BCUT2D eigenvalue weighted by atomic mass is 10.3. The minimum Gasteiger partial charge on any atom is -0.309 e. The van der Waals surface area contributed by atoms with Crippen LogP contribution in [0.2, 0.25) is 0 Å². The largest absolute Gasteiger partial charge is 0.309 e. The van der Waals surface area contributed by atoms with E-state index in [9.17, 15) is 0 Å². The van der Waals surface area contributed by atoms with Gasteiger partial charge >= 0.3 is 0 Å². The summed E-state index contributed by atoms with van der Waals surface area (Å²) in [4.78, 5) is 4.17. The number of nitrogens with one attached hydrogen (secondary N) is 1. The Morgan fingerprint density at radius 2 is 2.22 bits per heavy atom. The summed E-state index contributed by atoms with van der Waals surface area (Å²) in [5.74, 6) is 0. The van der Waals surface area contributed by atoms with Gasteiger partial charge in [0.15, 0.2) is 0 Å². The molecule has 96 valence electrons. The van der Waals surface area contributed by atoms with Crippen LogP contribution in [0.25, 0.3) is 0 Å². The van der Waals surface area contributed by atoms with Crippen LogP contribution in [-0.4, -0.2) is 20.8 Å². The molecule has 2 heterocycles. The number of pyridine rings is 1. The van der Waals surface area contributed by atoms with Crippen molar-refractivity contribution in [3.05, 3.63) is 46.5 Å². The summed E-state index contributed by atoms with van der Waals surface area (Å²) in [6.45, 7) is 5.85. The average molecular weight is 309 g/mol. The van der Waals surface area contributed by atoms with Crippen molar-refractivity contribution in [2.24, 2.45) is 0 Å². The van der Waals surface area contributed by atoms with Gasteiger partial charge in [0, 0.05) is 35.6 Å². The lowest BCUT2D eigenvalue weighted by Gasteiger charge is -2.10. The van der Waals surface area contributed by atoms with Crippen molar-refractivity contribution in [2.45, 2.75) is 33.0 Å². The molecule has 0 radical (unpaired) electrons. The van der Waals surface area contributed by atoms with E-state index in [2.05, 4.69) is 51.2 Å². The number of hydrogen-bond donors (Lipinski definition) is 1. The van der Waals surface area contributed by atoms with Gasteiger partial charge < -0.3 is 5.32 Å². The highest BCUT2D eigenvalue weighted by atomic mass is 79.9. The molecule has 18 heavy (non-hydrogen) atoms. The zero-order chi connectivity index (χ0) is 13.0. The van der Waals surface area contributed by atoms with Crippen molar-refractivity contribution < 1.29 is 0 Å². The molecule has 4 nitrogen and oxygen atoms in total. The van der Waals surface area contributed by atoms with Crippen molar-refractivity contribution in [1.29, 1.82) is 0 Å². The summed E-state index contributed by atoms with van der Waals surface area (Å²) in [6, 6.07) is 4.58. The van der Waals surface area contributed by atoms with Crippen LogP contribution in [0.5, 0.6) is 0 Å². The first-order chi connectivity index (χ1) is 8.65. The minimum absolute atomic E-state index is 0.473. The third kappa shape index (κ3) is 3.65. The Morgan fingerprint density at radius 3 is 2.94 bits per heavy atom. The molecule has 0 amide bonds. The van der Waals surface area contributed by atoms with E-state index in [1.807, 2.05) is 23.1 Å². The first kappa shape index (κ1) is 13.2. The molecule has 0 aliphatic heterocycles. The Kier molecular flexibility index (Phi) is 4.49. The Morgan fingerprint density at radius 1 is 1.39 bits per heavy atom. The second kappa shape index (κ2) is 6.11. The summed E-state index contributed by atoms with van der Waals surface area (Å²) in [7, 11) is 0. The average Bonchev–Trinajstić information content (AvgIpc) is 2.74. The molecule has 1 N–H and O–H groups in total. The maximum Gasteiger partial charge on any atom is 0.0678 e. The van der Waals surface area contributed by atoms with E-state index < -0.39 is 0 Å². The van der Waals surface area contributed by atoms with E-state index in [0.717, 1.165) is 23.1 Å². The fourth-order valence-electron chi connectivity index (χ4n) is 1.68. The molecule has 0 fully saturated rings.